The van der Waals surface area contributed by atoms with Crippen LogP contribution in [-0.4, -0.2) is 23.9 Å². The van der Waals surface area contributed by atoms with E-state index in [1.165, 1.54) is 49.7 Å². The molecule has 0 fully saturated rings. The quantitative estimate of drug-likeness (QED) is 0.204. The number of benzene rings is 4. The average molecular weight is 524 g/mol. The molecule has 0 saturated carbocycles. The lowest BCUT2D eigenvalue weighted by Crippen LogP contribution is -1.94. The Hall–Kier alpha value is -5.55. The van der Waals surface area contributed by atoms with E-state index in [9.17, 15) is 0 Å². The van der Waals surface area contributed by atoms with Gasteiger partial charge in [0.25, 0.3) is 0 Å². The number of pyridine rings is 3. The topological polar surface area (TPSA) is 48.0 Å². The molecule has 1 aliphatic rings. The summed E-state index contributed by atoms with van der Waals surface area (Å²) in [4.78, 5) is 14.5. The van der Waals surface area contributed by atoms with Crippen LogP contribution in [0.15, 0.2) is 116 Å². The van der Waals surface area contributed by atoms with Crippen molar-refractivity contribution in [3.8, 4) is 16.8 Å². The summed E-state index contributed by atoms with van der Waals surface area (Å²) in [5.74, 6) is 0. The Balaban J connectivity index is 1.31. The highest BCUT2D eigenvalue weighted by molar-refractivity contribution is 6.15. The summed E-state index contributed by atoms with van der Waals surface area (Å²) < 4.78 is 4.61. The Morgan fingerprint density at radius 2 is 1.27 bits per heavy atom. The van der Waals surface area contributed by atoms with E-state index in [1.807, 2.05) is 24.5 Å². The molecule has 0 N–H and O–H groups in total. The molecule has 0 atom stereocenters. The van der Waals surface area contributed by atoms with Gasteiger partial charge in [0.05, 0.1) is 27.6 Å². The van der Waals surface area contributed by atoms with Crippen LogP contribution in [0.3, 0.4) is 0 Å². The molecule has 0 unspecified atom stereocenters. The van der Waals surface area contributed by atoms with Crippen LogP contribution < -0.4 is 0 Å². The molecular formula is C36H21N5. The number of rotatable bonds is 1. The van der Waals surface area contributed by atoms with E-state index in [2.05, 4.69) is 105 Å². The zero-order valence-corrected chi connectivity index (χ0v) is 21.9. The number of imidazole rings is 1. The summed E-state index contributed by atoms with van der Waals surface area (Å²) >= 11 is 0. The minimum absolute atomic E-state index is 0.755. The highest BCUT2D eigenvalue weighted by Crippen LogP contribution is 2.45. The number of hydrogen-bond donors (Lipinski definition) is 0. The Morgan fingerprint density at radius 3 is 2.17 bits per heavy atom. The first-order valence-electron chi connectivity index (χ1n) is 13.9. The minimum atomic E-state index is 0.755. The SMILES string of the molecule is c1ccc(-n2c3ccccc3c3cc4c(cc32)-c2cc3c(cc2C4)c2nc4ncccc4n2c2cccnc32)cc1. The fraction of sp³-hybridized carbons (Fsp3) is 0.0278. The molecule has 10 rings (SSSR count). The fourth-order valence-corrected chi connectivity index (χ4v) is 7.06. The number of para-hydroxylation sites is 2. The maximum absolute atomic E-state index is 5.00. The molecule has 5 aromatic heterocycles. The van der Waals surface area contributed by atoms with E-state index in [4.69, 9.17) is 9.97 Å². The van der Waals surface area contributed by atoms with Crippen molar-refractivity contribution in [3.05, 3.63) is 127 Å². The van der Waals surface area contributed by atoms with E-state index in [0.29, 0.717) is 0 Å². The van der Waals surface area contributed by atoms with Crippen LogP contribution in [0.5, 0.6) is 0 Å². The van der Waals surface area contributed by atoms with E-state index in [-0.39, 0.29) is 0 Å². The van der Waals surface area contributed by atoms with Crippen molar-refractivity contribution in [1.29, 1.82) is 0 Å². The second kappa shape index (κ2) is 7.55. The van der Waals surface area contributed by atoms with Gasteiger partial charge in [-0.25, -0.2) is 9.97 Å². The molecule has 9 aromatic rings. The van der Waals surface area contributed by atoms with Gasteiger partial charge in [-0.1, -0.05) is 36.4 Å². The molecule has 41 heavy (non-hydrogen) atoms. The normalized spacial score (nSPS) is 12.8. The van der Waals surface area contributed by atoms with Gasteiger partial charge in [-0.05, 0) is 95.4 Å². The van der Waals surface area contributed by atoms with E-state index in [0.717, 1.165) is 45.0 Å². The number of hydrogen-bond acceptors (Lipinski definition) is 3. The van der Waals surface area contributed by atoms with Crippen molar-refractivity contribution in [1.82, 2.24) is 23.9 Å². The molecule has 0 bridgehead atoms. The maximum atomic E-state index is 5.00. The van der Waals surface area contributed by atoms with Gasteiger partial charge < -0.3 is 4.57 Å². The molecule has 5 heterocycles. The zero-order valence-electron chi connectivity index (χ0n) is 21.9. The molecule has 0 aliphatic heterocycles. The van der Waals surface area contributed by atoms with Gasteiger partial charge in [-0.15, -0.1) is 0 Å². The first-order chi connectivity index (χ1) is 20.3. The summed E-state index contributed by atoms with van der Waals surface area (Å²) in [6, 6.07) is 37.1. The maximum Gasteiger partial charge on any atom is 0.178 e. The van der Waals surface area contributed by atoms with Crippen LogP contribution in [0.2, 0.25) is 0 Å². The van der Waals surface area contributed by atoms with Crippen LogP contribution in [0.1, 0.15) is 11.1 Å². The van der Waals surface area contributed by atoms with Gasteiger partial charge in [-0.2, -0.15) is 0 Å². The van der Waals surface area contributed by atoms with Crippen molar-refractivity contribution in [2.45, 2.75) is 6.42 Å². The predicted octanol–water partition coefficient (Wildman–Crippen LogP) is 8.25. The largest absolute Gasteiger partial charge is 0.309 e. The van der Waals surface area contributed by atoms with Crippen LogP contribution >= 0.6 is 0 Å². The molecular weight excluding hydrogens is 502 g/mol. The summed E-state index contributed by atoms with van der Waals surface area (Å²) in [6.07, 6.45) is 4.59. The van der Waals surface area contributed by atoms with Crippen LogP contribution in [0.25, 0.3) is 77.2 Å². The van der Waals surface area contributed by atoms with Gasteiger partial charge in [-0.3, -0.25) is 9.38 Å². The van der Waals surface area contributed by atoms with Crippen LogP contribution in [0.4, 0.5) is 0 Å². The third kappa shape index (κ3) is 2.72. The van der Waals surface area contributed by atoms with Crippen LogP contribution in [0, 0.1) is 0 Å². The summed E-state index contributed by atoms with van der Waals surface area (Å²) in [5.41, 5.74) is 13.6. The third-order valence-corrected chi connectivity index (χ3v) is 8.78. The molecule has 5 heteroatoms. The Morgan fingerprint density at radius 1 is 0.537 bits per heavy atom. The Bertz CT molecular complexity index is 2550. The molecule has 0 saturated heterocycles. The van der Waals surface area contributed by atoms with E-state index < -0.39 is 0 Å². The van der Waals surface area contributed by atoms with Crippen molar-refractivity contribution in [2.75, 3.05) is 0 Å². The molecule has 0 amide bonds. The Kier molecular flexibility index (Phi) is 3.92. The second-order valence-corrected chi connectivity index (χ2v) is 10.9. The van der Waals surface area contributed by atoms with Crippen molar-refractivity contribution in [2.24, 2.45) is 0 Å². The smallest absolute Gasteiger partial charge is 0.178 e. The second-order valence-electron chi connectivity index (χ2n) is 10.9. The molecule has 1 aliphatic carbocycles. The lowest BCUT2D eigenvalue weighted by molar-refractivity contribution is 1.18. The Labute approximate surface area is 234 Å². The van der Waals surface area contributed by atoms with Crippen LogP contribution in [-0.2, 0) is 6.42 Å². The van der Waals surface area contributed by atoms with E-state index >= 15 is 0 Å². The number of fused-ring (bicyclic) bond motifs is 14. The lowest BCUT2D eigenvalue weighted by atomic mass is 9.99. The first kappa shape index (κ1) is 21.3. The highest BCUT2D eigenvalue weighted by Gasteiger charge is 2.25. The van der Waals surface area contributed by atoms with Gasteiger partial charge >= 0.3 is 0 Å². The number of nitrogens with zero attached hydrogens (tertiary/aromatic N) is 5. The number of aromatic nitrogens is 5. The van der Waals surface area contributed by atoms with Gasteiger partial charge in [0.1, 0.15) is 5.65 Å². The molecule has 0 spiro atoms. The molecule has 4 aromatic carbocycles. The van der Waals surface area contributed by atoms with Crippen molar-refractivity contribution < 1.29 is 0 Å². The fourth-order valence-electron chi connectivity index (χ4n) is 7.06. The van der Waals surface area contributed by atoms with E-state index in [1.54, 1.807) is 0 Å². The predicted molar refractivity (Wildman–Crippen MR) is 166 cm³/mol. The first-order valence-corrected chi connectivity index (χ1v) is 13.9. The molecule has 5 nitrogen and oxygen atoms in total. The summed E-state index contributed by atoms with van der Waals surface area (Å²) in [6.45, 7) is 0. The lowest BCUT2D eigenvalue weighted by Gasteiger charge is -2.11. The third-order valence-electron chi connectivity index (χ3n) is 8.78. The van der Waals surface area contributed by atoms with Gasteiger partial charge in [0.15, 0.2) is 5.65 Å². The minimum Gasteiger partial charge on any atom is -0.309 e. The summed E-state index contributed by atoms with van der Waals surface area (Å²) in [5, 5.41) is 4.81. The highest BCUT2D eigenvalue weighted by atomic mass is 15.1. The van der Waals surface area contributed by atoms with Crippen molar-refractivity contribution in [3.63, 3.8) is 0 Å². The summed E-state index contributed by atoms with van der Waals surface area (Å²) in [7, 11) is 0. The monoisotopic (exact) mass is 523 g/mol. The van der Waals surface area contributed by atoms with Gasteiger partial charge in [0, 0.05) is 39.6 Å². The molecule has 190 valence electrons. The standard InChI is InChI=1S/C36H21N5/c1-2-8-23(9-3-1)40-30-11-5-4-10-24(30)27-17-21-16-22-18-29-28(19-25(22)26(21)20-33(27)40)34-31(12-6-14-37-34)41-32-13-7-15-38-35(32)39-36(29)41/h1-15,17-20H,16H2. The van der Waals surface area contributed by atoms with Gasteiger partial charge in [0.2, 0.25) is 0 Å². The molecule has 0 radical (unpaired) electrons. The average Bonchev–Trinajstić information content (AvgIpc) is 3.69. The van der Waals surface area contributed by atoms with Crippen molar-refractivity contribution >= 4 is 60.4 Å². The zero-order chi connectivity index (χ0) is 26.7.